The van der Waals surface area contributed by atoms with Crippen molar-refractivity contribution in [1.29, 1.82) is 0 Å². The lowest BCUT2D eigenvalue weighted by molar-refractivity contribution is 0.415. The lowest BCUT2D eigenvalue weighted by Gasteiger charge is -2.42. The molecule has 6 rings (SSSR count). The van der Waals surface area contributed by atoms with Crippen LogP contribution >= 0.6 is 0 Å². The van der Waals surface area contributed by atoms with Crippen molar-refractivity contribution in [2.24, 2.45) is 0 Å². The molecular formula is C29H27FN6O2. The van der Waals surface area contributed by atoms with Crippen LogP contribution < -0.4 is 15.2 Å². The highest BCUT2D eigenvalue weighted by atomic mass is 19.1. The molecule has 3 heterocycles. The fourth-order valence-corrected chi connectivity index (χ4v) is 5.36. The summed E-state index contributed by atoms with van der Waals surface area (Å²) in [5.41, 5.74) is 3.77. The number of nitrogens with one attached hydrogen (secondary N) is 1. The molecule has 0 saturated heterocycles. The van der Waals surface area contributed by atoms with Crippen LogP contribution in [0.4, 0.5) is 10.1 Å². The number of anilines is 1. The van der Waals surface area contributed by atoms with Crippen LogP contribution in [0.5, 0.6) is 5.75 Å². The largest absolute Gasteiger partial charge is 0.497 e. The molecule has 0 aliphatic carbocycles. The minimum Gasteiger partial charge on any atom is -0.497 e. The zero-order valence-corrected chi connectivity index (χ0v) is 21.1. The first-order valence-electron chi connectivity index (χ1n) is 12.6. The van der Waals surface area contributed by atoms with Crippen molar-refractivity contribution in [3.05, 3.63) is 111 Å². The van der Waals surface area contributed by atoms with Gasteiger partial charge in [0.1, 0.15) is 17.6 Å². The van der Waals surface area contributed by atoms with Gasteiger partial charge in [-0.2, -0.15) is 0 Å². The van der Waals surface area contributed by atoms with E-state index in [0.717, 1.165) is 35.0 Å². The summed E-state index contributed by atoms with van der Waals surface area (Å²) in [6.07, 6.45) is 1.55. The third-order valence-electron chi connectivity index (χ3n) is 7.26. The molecule has 5 aromatic rings. The van der Waals surface area contributed by atoms with Crippen LogP contribution in [0.3, 0.4) is 0 Å². The number of tetrazole rings is 1. The predicted molar refractivity (Wildman–Crippen MR) is 143 cm³/mol. The van der Waals surface area contributed by atoms with E-state index in [9.17, 15) is 9.18 Å². The molecule has 1 aliphatic heterocycles. The predicted octanol–water partition coefficient (Wildman–Crippen LogP) is 4.64. The van der Waals surface area contributed by atoms with Gasteiger partial charge in [0.2, 0.25) is 0 Å². The van der Waals surface area contributed by atoms with Crippen LogP contribution in [-0.2, 0) is 13.0 Å². The lowest BCUT2D eigenvalue weighted by atomic mass is 9.92. The summed E-state index contributed by atoms with van der Waals surface area (Å²) < 4.78 is 21.4. The molecule has 1 N–H and O–H groups in total. The molecule has 38 heavy (non-hydrogen) atoms. The van der Waals surface area contributed by atoms with Crippen molar-refractivity contribution < 1.29 is 9.13 Å². The van der Waals surface area contributed by atoms with Crippen molar-refractivity contribution in [3.8, 4) is 5.75 Å². The first kappa shape index (κ1) is 23.8. The molecule has 8 nitrogen and oxygen atoms in total. The Hall–Kier alpha value is -4.53. The Morgan fingerprint density at radius 3 is 2.76 bits per heavy atom. The Morgan fingerprint density at radius 1 is 1.11 bits per heavy atom. The monoisotopic (exact) mass is 510 g/mol. The van der Waals surface area contributed by atoms with Gasteiger partial charge in [0.25, 0.3) is 5.56 Å². The number of hydrogen-bond donors (Lipinski definition) is 1. The van der Waals surface area contributed by atoms with Gasteiger partial charge in [-0.3, -0.25) is 4.79 Å². The summed E-state index contributed by atoms with van der Waals surface area (Å²) >= 11 is 0. The van der Waals surface area contributed by atoms with Crippen molar-refractivity contribution in [2.45, 2.75) is 38.4 Å². The quantitative estimate of drug-likeness (QED) is 0.358. The normalized spacial score (nSPS) is 15.9. The molecule has 0 spiro atoms. The van der Waals surface area contributed by atoms with E-state index in [2.05, 4.69) is 32.3 Å². The van der Waals surface area contributed by atoms with Crippen LogP contribution in [0.15, 0.2) is 77.6 Å². The van der Waals surface area contributed by atoms with E-state index < -0.39 is 6.04 Å². The molecule has 0 saturated carbocycles. The molecular weight excluding hydrogens is 483 g/mol. The second-order valence-corrected chi connectivity index (χ2v) is 9.66. The Balaban J connectivity index is 1.57. The molecule has 0 amide bonds. The number of halogens is 1. The van der Waals surface area contributed by atoms with E-state index >= 15 is 0 Å². The Bertz CT molecular complexity index is 1670. The van der Waals surface area contributed by atoms with E-state index in [1.54, 1.807) is 23.9 Å². The highest BCUT2D eigenvalue weighted by Gasteiger charge is 2.36. The molecule has 1 aliphatic rings. The molecule has 2 atom stereocenters. The molecule has 0 bridgehead atoms. The Morgan fingerprint density at radius 2 is 1.95 bits per heavy atom. The maximum Gasteiger partial charge on any atom is 0.254 e. The van der Waals surface area contributed by atoms with E-state index in [1.165, 1.54) is 6.07 Å². The summed E-state index contributed by atoms with van der Waals surface area (Å²) in [4.78, 5) is 18.8. The van der Waals surface area contributed by atoms with Gasteiger partial charge in [-0.15, -0.1) is 5.10 Å². The van der Waals surface area contributed by atoms with Crippen LogP contribution in [0.2, 0.25) is 0 Å². The third-order valence-corrected chi connectivity index (χ3v) is 7.26. The molecule has 3 aromatic carbocycles. The number of H-pyrrole nitrogens is 1. The van der Waals surface area contributed by atoms with Crippen LogP contribution in [-0.4, -0.2) is 38.3 Å². The number of methoxy groups -OCH3 is 1. The summed E-state index contributed by atoms with van der Waals surface area (Å²) in [6.45, 7) is 2.56. The number of rotatable bonds is 6. The zero-order valence-electron chi connectivity index (χ0n) is 21.1. The SMILES string of the molecule is COc1ccc2[nH]c(=O)c(C(c3nnnn3Cc3ccccc3)N3c4ccc(F)cc4CCC3C)cc2c1. The molecule has 9 heteroatoms. The van der Waals surface area contributed by atoms with E-state index in [4.69, 9.17) is 4.74 Å². The Kier molecular flexibility index (Phi) is 6.11. The number of ether oxygens (including phenoxy) is 1. The first-order valence-corrected chi connectivity index (χ1v) is 12.6. The van der Waals surface area contributed by atoms with Gasteiger partial charge in [0.15, 0.2) is 5.82 Å². The molecule has 0 radical (unpaired) electrons. The van der Waals surface area contributed by atoms with Crippen LogP contribution in [0.25, 0.3) is 10.9 Å². The molecule has 0 fully saturated rings. The average molecular weight is 511 g/mol. The fourth-order valence-electron chi connectivity index (χ4n) is 5.36. The van der Waals surface area contributed by atoms with Crippen LogP contribution in [0, 0.1) is 5.82 Å². The van der Waals surface area contributed by atoms with Gasteiger partial charge in [-0.1, -0.05) is 30.3 Å². The maximum atomic E-state index is 14.2. The van der Waals surface area contributed by atoms with Gasteiger partial charge in [-0.25, -0.2) is 9.07 Å². The van der Waals surface area contributed by atoms with Crippen molar-refractivity contribution >= 4 is 16.6 Å². The van der Waals surface area contributed by atoms with Gasteiger partial charge < -0.3 is 14.6 Å². The fraction of sp³-hybridized carbons (Fsp3) is 0.241. The highest BCUT2D eigenvalue weighted by Crippen LogP contribution is 2.40. The standard InChI is InChI=1S/C29H27FN6O2/c1-18-8-9-20-14-22(30)10-13-26(20)36(18)27(28-32-33-34-35(28)17-19-6-4-3-5-7-19)24-16-21-15-23(38-2)11-12-25(21)31-29(24)37/h3-7,10-16,18,27H,8-9,17H2,1-2H3,(H,31,37). The molecule has 2 unspecified atom stereocenters. The lowest BCUT2D eigenvalue weighted by Crippen LogP contribution is -2.43. The number of aromatic amines is 1. The summed E-state index contributed by atoms with van der Waals surface area (Å²) in [7, 11) is 1.61. The average Bonchev–Trinajstić information content (AvgIpc) is 3.38. The second-order valence-electron chi connectivity index (χ2n) is 9.66. The number of fused-ring (bicyclic) bond motifs is 2. The van der Waals surface area contributed by atoms with Crippen molar-refractivity contribution in [3.63, 3.8) is 0 Å². The van der Waals surface area contributed by atoms with Gasteiger partial charge in [0, 0.05) is 28.2 Å². The van der Waals surface area contributed by atoms with Crippen LogP contribution in [0.1, 0.15) is 41.9 Å². The highest BCUT2D eigenvalue weighted by molar-refractivity contribution is 5.81. The van der Waals surface area contributed by atoms with Crippen molar-refractivity contribution in [2.75, 3.05) is 12.0 Å². The minimum absolute atomic E-state index is 0.0419. The minimum atomic E-state index is -0.618. The zero-order chi connectivity index (χ0) is 26.2. The van der Waals surface area contributed by atoms with Gasteiger partial charge in [0.05, 0.1) is 13.7 Å². The third kappa shape index (κ3) is 4.30. The number of aromatic nitrogens is 5. The number of hydrogen-bond acceptors (Lipinski definition) is 6. The van der Waals surface area contributed by atoms with Crippen molar-refractivity contribution in [1.82, 2.24) is 25.2 Å². The smallest absolute Gasteiger partial charge is 0.254 e. The second kappa shape index (κ2) is 9.74. The number of pyridine rings is 1. The number of benzene rings is 3. The van der Waals surface area contributed by atoms with Gasteiger partial charge in [-0.05, 0) is 83.8 Å². The molecule has 192 valence electrons. The first-order chi connectivity index (χ1) is 18.5. The number of nitrogens with zero attached hydrogens (tertiary/aromatic N) is 5. The van der Waals surface area contributed by atoms with E-state index in [1.807, 2.05) is 54.6 Å². The maximum absolute atomic E-state index is 14.2. The topological polar surface area (TPSA) is 88.9 Å². The Labute approximate surface area is 218 Å². The van der Waals surface area contributed by atoms with E-state index in [0.29, 0.717) is 29.2 Å². The summed E-state index contributed by atoms with van der Waals surface area (Å²) in [6, 6.07) is 21.6. The number of aryl methyl sites for hydroxylation is 1. The summed E-state index contributed by atoms with van der Waals surface area (Å²) in [5, 5.41) is 13.6. The van der Waals surface area contributed by atoms with Gasteiger partial charge >= 0.3 is 0 Å². The molecule has 2 aromatic heterocycles. The summed E-state index contributed by atoms with van der Waals surface area (Å²) in [5.74, 6) is 0.943. The van der Waals surface area contributed by atoms with E-state index in [-0.39, 0.29) is 17.4 Å².